The first-order valence-corrected chi connectivity index (χ1v) is 17.9. The maximum Gasteiger partial charge on any atom is 0.118 e. The topological polar surface area (TPSA) is 32.3 Å². The van der Waals surface area contributed by atoms with Crippen LogP contribution in [-0.4, -0.2) is 21.8 Å². The van der Waals surface area contributed by atoms with Crippen molar-refractivity contribution in [1.29, 1.82) is 0 Å². The van der Waals surface area contributed by atoms with Crippen LogP contribution in [0.2, 0.25) is 0 Å². The number of rotatable bonds is 10. The molecule has 212 valence electrons. The number of anilines is 2. The Morgan fingerprint density at radius 2 is 1.16 bits per heavy atom. The Hall–Kier alpha value is -3.80. The highest BCUT2D eigenvalue weighted by atomic mass is 32.1. The number of fused-ring (bicyclic) bond motifs is 3. The van der Waals surface area contributed by atoms with Crippen molar-refractivity contribution >= 4 is 96.9 Å². The molecule has 0 saturated heterocycles. The standard InChI is InChI=1S/C34H26N4S5/c1-5-9-15-37(16-10-6-2)31-21-29-27(41-31)19-25(39-29)23-13-14-24(34-33(23)35-43-36-34)26-20-28-30(40-26)22-32(42-28)38(17-11-7-3)18-12-8-4/h1-2,13-14,19-22H,7-8,11-12,17-18H2,3-4H3. The molecule has 0 N–H and O–H groups in total. The number of benzene rings is 1. The molecule has 0 atom stereocenters. The lowest BCUT2D eigenvalue weighted by Gasteiger charge is -2.22. The monoisotopic (exact) mass is 650 g/mol. The number of thiophene rings is 4. The molecule has 0 aliphatic carbocycles. The maximum absolute atomic E-state index is 5.32. The fourth-order valence-corrected chi connectivity index (χ4v) is 10.2. The Bertz CT molecular complexity index is 2030. The summed E-state index contributed by atoms with van der Waals surface area (Å²) in [7, 11) is 0. The lowest BCUT2D eigenvalue weighted by atomic mass is 10.1. The van der Waals surface area contributed by atoms with Gasteiger partial charge in [0, 0.05) is 76.7 Å². The van der Waals surface area contributed by atoms with Crippen LogP contribution in [-0.2, 0) is 0 Å². The van der Waals surface area contributed by atoms with Crippen molar-refractivity contribution in [1.82, 2.24) is 8.75 Å². The molecule has 0 aliphatic rings. The molecule has 43 heavy (non-hydrogen) atoms. The van der Waals surface area contributed by atoms with Gasteiger partial charge >= 0.3 is 0 Å². The Labute approximate surface area is 272 Å². The van der Waals surface area contributed by atoms with Gasteiger partial charge in [0.15, 0.2) is 0 Å². The number of aromatic nitrogens is 2. The smallest absolute Gasteiger partial charge is 0.118 e. The first-order chi connectivity index (χ1) is 21.1. The molecule has 9 heteroatoms. The highest BCUT2D eigenvalue weighted by molar-refractivity contribution is 7.32. The number of terminal acetylenes is 2. The van der Waals surface area contributed by atoms with Crippen LogP contribution in [0.15, 0.2) is 36.4 Å². The van der Waals surface area contributed by atoms with Crippen LogP contribution in [0.3, 0.4) is 0 Å². The summed E-state index contributed by atoms with van der Waals surface area (Å²) in [5.74, 6) is 9.91. The zero-order valence-electron chi connectivity index (χ0n) is 23.7. The van der Waals surface area contributed by atoms with Crippen molar-refractivity contribution in [3.05, 3.63) is 36.4 Å². The highest BCUT2D eigenvalue weighted by Crippen LogP contribution is 2.46. The minimum absolute atomic E-state index is 0.883. The SMILES string of the molecule is C#CC#CN(C#CC#C)c1cc2sc(-c3ccc(-c4cc5sc(N(CCCC)CCCC)cc5s4)c4nsnc34)cc2s1. The summed E-state index contributed by atoms with van der Waals surface area (Å²) in [6.07, 6.45) is 15.5. The quantitative estimate of drug-likeness (QED) is 0.109. The number of unbranched alkanes of at least 4 members (excludes halogenated alkanes) is 2. The van der Waals surface area contributed by atoms with Gasteiger partial charge in [-0.1, -0.05) is 38.8 Å². The largest absolute Gasteiger partial charge is 0.363 e. The molecule has 1 aromatic carbocycles. The zero-order valence-corrected chi connectivity index (χ0v) is 27.8. The lowest BCUT2D eigenvalue weighted by molar-refractivity contribution is 0.682. The van der Waals surface area contributed by atoms with Gasteiger partial charge in [0.25, 0.3) is 0 Å². The van der Waals surface area contributed by atoms with E-state index < -0.39 is 0 Å². The van der Waals surface area contributed by atoms with E-state index in [1.807, 2.05) is 22.7 Å². The number of nitrogens with zero attached hydrogens (tertiary/aromatic N) is 4. The molecule has 4 nitrogen and oxygen atoms in total. The van der Waals surface area contributed by atoms with Gasteiger partial charge in [0.1, 0.15) is 16.0 Å². The van der Waals surface area contributed by atoms with Crippen LogP contribution < -0.4 is 9.80 Å². The second-order valence-electron chi connectivity index (χ2n) is 9.76. The molecule has 6 rings (SSSR count). The van der Waals surface area contributed by atoms with Gasteiger partial charge in [-0.05, 0) is 48.9 Å². The van der Waals surface area contributed by atoms with Crippen LogP contribution in [0.25, 0.3) is 50.7 Å². The minimum atomic E-state index is 0.883. The van der Waals surface area contributed by atoms with Crippen molar-refractivity contribution in [2.45, 2.75) is 39.5 Å². The molecular weight excluding hydrogens is 625 g/mol. The molecule has 0 aliphatic heterocycles. The second kappa shape index (κ2) is 13.2. The van der Waals surface area contributed by atoms with Gasteiger partial charge in [-0.15, -0.1) is 58.2 Å². The lowest BCUT2D eigenvalue weighted by Crippen LogP contribution is -2.24. The minimum Gasteiger partial charge on any atom is -0.363 e. The summed E-state index contributed by atoms with van der Waals surface area (Å²) in [4.78, 5) is 6.56. The van der Waals surface area contributed by atoms with Crippen LogP contribution >= 0.6 is 57.1 Å². The van der Waals surface area contributed by atoms with Gasteiger partial charge in [0.05, 0.1) is 16.7 Å². The van der Waals surface area contributed by atoms with Gasteiger partial charge in [-0.25, -0.2) is 4.90 Å². The van der Waals surface area contributed by atoms with Crippen LogP contribution in [0.4, 0.5) is 10.0 Å². The fourth-order valence-electron chi connectivity index (χ4n) is 4.79. The Morgan fingerprint density at radius 1 is 0.674 bits per heavy atom. The summed E-state index contributed by atoms with van der Waals surface area (Å²) >= 11 is 8.35. The van der Waals surface area contributed by atoms with Gasteiger partial charge in [-0.2, -0.15) is 8.75 Å². The summed E-state index contributed by atoms with van der Waals surface area (Å²) in [6, 6.07) is 19.1. The molecule has 6 aromatic rings. The summed E-state index contributed by atoms with van der Waals surface area (Å²) < 4.78 is 14.5. The first kappa shape index (κ1) is 29.3. The van der Waals surface area contributed by atoms with Crippen molar-refractivity contribution in [3.8, 4) is 69.5 Å². The van der Waals surface area contributed by atoms with Crippen molar-refractivity contribution in [2.24, 2.45) is 0 Å². The van der Waals surface area contributed by atoms with E-state index in [2.05, 4.69) is 90.9 Å². The number of hydrogen-bond acceptors (Lipinski definition) is 9. The van der Waals surface area contributed by atoms with E-state index in [0.29, 0.717) is 0 Å². The van der Waals surface area contributed by atoms with E-state index in [1.165, 1.54) is 56.7 Å². The van der Waals surface area contributed by atoms with Crippen molar-refractivity contribution in [3.63, 3.8) is 0 Å². The number of hydrogen-bond donors (Lipinski definition) is 0. The van der Waals surface area contributed by atoms with Gasteiger partial charge in [0.2, 0.25) is 0 Å². The predicted octanol–water partition coefficient (Wildman–Crippen LogP) is 9.98. The third kappa shape index (κ3) is 6.02. The molecule has 5 heterocycles. The summed E-state index contributed by atoms with van der Waals surface area (Å²) in [5, 5.41) is 2.27. The molecular formula is C34H26N4S5. The van der Waals surface area contributed by atoms with Crippen molar-refractivity contribution in [2.75, 3.05) is 22.9 Å². The predicted molar refractivity (Wildman–Crippen MR) is 193 cm³/mol. The summed E-state index contributed by atoms with van der Waals surface area (Å²) in [5.41, 5.74) is 4.15. The highest BCUT2D eigenvalue weighted by Gasteiger charge is 2.19. The Morgan fingerprint density at radius 3 is 1.65 bits per heavy atom. The molecule has 0 amide bonds. The van der Waals surface area contributed by atoms with Crippen molar-refractivity contribution < 1.29 is 0 Å². The Balaban J connectivity index is 1.30. The average Bonchev–Trinajstić information content (AvgIpc) is 3.83. The molecule has 5 aromatic heterocycles. The first-order valence-electron chi connectivity index (χ1n) is 13.9. The van der Waals surface area contributed by atoms with Crippen LogP contribution in [0.1, 0.15) is 39.5 Å². The Kier molecular flexibility index (Phi) is 9.01. The summed E-state index contributed by atoms with van der Waals surface area (Å²) in [6.45, 7) is 6.78. The third-order valence-electron chi connectivity index (χ3n) is 6.91. The van der Waals surface area contributed by atoms with E-state index in [-0.39, 0.29) is 0 Å². The molecule has 0 unspecified atom stereocenters. The van der Waals surface area contributed by atoms with E-state index in [9.17, 15) is 0 Å². The maximum atomic E-state index is 5.32. The van der Waals surface area contributed by atoms with E-state index >= 15 is 0 Å². The van der Waals surface area contributed by atoms with Gasteiger partial charge < -0.3 is 4.90 Å². The van der Waals surface area contributed by atoms with E-state index in [0.717, 1.165) is 54.5 Å². The molecule has 0 spiro atoms. The third-order valence-corrected chi connectivity index (χ3v) is 12.1. The van der Waals surface area contributed by atoms with Gasteiger partial charge in [-0.3, -0.25) is 0 Å². The van der Waals surface area contributed by atoms with Crippen LogP contribution in [0, 0.1) is 48.6 Å². The second-order valence-corrected chi connectivity index (χ2v) is 14.6. The van der Waals surface area contributed by atoms with E-state index in [1.54, 1.807) is 27.6 Å². The zero-order chi connectivity index (χ0) is 29.8. The normalized spacial score (nSPS) is 10.7. The van der Waals surface area contributed by atoms with E-state index in [4.69, 9.17) is 21.6 Å². The average molecular weight is 651 g/mol. The van der Waals surface area contributed by atoms with Crippen LogP contribution in [0.5, 0.6) is 0 Å². The molecule has 0 bridgehead atoms. The molecule has 0 radical (unpaired) electrons. The fraction of sp³-hybridized carbons (Fsp3) is 0.235. The molecule has 0 saturated carbocycles. The molecule has 0 fully saturated rings.